The third-order valence-corrected chi connectivity index (χ3v) is 2.53. The first-order valence-electron chi connectivity index (χ1n) is 2.88. The second kappa shape index (κ2) is 3.54. The van der Waals surface area contributed by atoms with Gasteiger partial charge in [0.05, 0.1) is 0 Å². The second-order valence-electron chi connectivity index (χ2n) is 2.02. The van der Waals surface area contributed by atoms with Crippen LogP contribution in [0.25, 0.3) is 0 Å². The van der Waals surface area contributed by atoms with Gasteiger partial charge >= 0.3 is 0 Å². The maximum absolute atomic E-state index is 12.9. The van der Waals surface area contributed by atoms with Crippen LogP contribution in [0.4, 0.5) is 4.39 Å². The van der Waals surface area contributed by atoms with Gasteiger partial charge in [0.25, 0.3) is 0 Å². The Bertz CT molecular complexity index is 252. The van der Waals surface area contributed by atoms with Gasteiger partial charge in [0.2, 0.25) is 0 Å². The summed E-state index contributed by atoms with van der Waals surface area (Å²) in [6.07, 6.45) is 0. The zero-order valence-electron chi connectivity index (χ0n) is 5.44. The van der Waals surface area contributed by atoms with E-state index in [1.165, 1.54) is 6.07 Å². The number of phenols is 1. The predicted octanol–water partition coefficient (Wildman–Crippen LogP) is 3.19. The second-order valence-corrected chi connectivity index (χ2v) is 3.44. The highest BCUT2D eigenvalue weighted by Gasteiger charge is 2.06. The summed E-state index contributed by atoms with van der Waals surface area (Å²) in [6.45, 7) is 0. The molecule has 0 saturated carbocycles. The molecule has 0 unspecified atom stereocenters. The summed E-state index contributed by atoms with van der Waals surface area (Å²) in [7, 11) is 0. The molecule has 0 aliphatic heterocycles. The first-order valence-corrected chi connectivity index (χ1v) is 4.79. The van der Waals surface area contributed by atoms with Crippen LogP contribution in [0.5, 0.6) is 5.75 Å². The lowest BCUT2D eigenvalue weighted by atomic mass is 10.2. The molecule has 1 aromatic rings. The Labute approximate surface area is 80.5 Å². The van der Waals surface area contributed by atoms with E-state index in [0.717, 1.165) is 6.07 Å². The number of hydrogen-bond acceptors (Lipinski definition) is 1. The largest absolute Gasteiger partial charge is 0.508 e. The van der Waals surface area contributed by atoms with E-state index >= 15 is 0 Å². The normalized spacial score (nSPS) is 10.1. The molecule has 0 spiro atoms. The molecule has 60 valence electrons. The van der Waals surface area contributed by atoms with Gasteiger partial charge < -0.3 is 5.11 Å². The van der Waals surface area contributed by atoms with Crippen LogP contribution in [0.2, 0.25) is 0 Å². The van der Waals surface area contributed by atoms with Crippen molar-refractivity contribution in [2.45, 2.75) is 5.33 Å². The number of alkyl halides is 1. The first-order chi connectivity index (χ1) is 5.15. The van der Waals surface area contributed by atoms with Crippen LogP contribution < -0.4 is 0 Å². The van der Waals surface area contributed by atoms with E-state index in [0.29, 0.717) is 15.4 Å². The van der Waals surface area contributed by atoms with Crippen molar-refractivity contribution in [3.8, 4) is 5.75 Å². The Hall–Kier alpha value is -0.0900. The van der Waals surface area contributed by atoms with E-state index < -0.39 is 5.82 Å². The number of rotatable bonds is 1. The summed E-state index contributed by atoms with van der Waals surface area (Å²) in [5.74, 6) is -0.479. The molecule has 0 fully saturated rings. The van der Waals surface area contributed by atoms with Gasteiger partial charge in [0, 0.05) is 21.4 Å². The average Bonchev–Trinajstić information content (AvgIpc) is 1.85. The fourth-order valence-corrected chi connectivity index (χ4v) is 2.23. The predicted molar refractivity (Wildman–Crippen MR) is 48.4 cm³/mol. The zero-order chi connectivity index (χ0) is 8.43. The molecule has 0 aliphatic rings. The molecule has 1 N–H and O–H groups in total. The Balaban J connectivity index is 3.25. The van der Waals surface area contributed by atoms with Crippen molar-refractivity contribution >= 4 is 31.9 Å². The molecule has 0 heterocycles. The van der Waals surface area contributed by atoms with Gasteiger partial charge in [-0.3, -0.25) is 0 Å². The fourth-order valence-electron chi connectivity index (χ4n) is 0.717. The Morgan fingerprint density at radius 1 is 1.45 bits per heavy atom. The summed E-state index contributed by atoms with van der Waals surface area (Å²) in [4.78, 5) is 0. The minimum absolute atomic E-state index is 0.0703. The zero-order valence-corrected chi connectivity index (χ0v) is 8.61. The molecule has 1 nitrogen and oxygen atoms in total. The van der Waals surface area contributed by atoms with Crippen LogP contribution in [-0.4, -0.2) is 5.11 Å². The van der Waals surface area contributed by atoms with Crippen molar-refractivity contribution in [3.05, 3.63) is 28.0 Å². The third-order valence-electron chi connectivity index (χ3n) is 1.26. The lowest BCUT2D eigenvalue weighted by Gasteiger charge is -2.02. The number of benzene rings is 1. The van der Waals surface area contributed by atoms with E-state index in [2.05, 4.69) is 31.9 Å². The van der Waals surface area contributed by atoms with Crippen LogP contribution in [0, 0.1) is 5.82 Å². The summed E-state index contributed by atoms with van der Waals surface area (Å²) >= 11 is 6.26. The standard InChI is InChI=1S/C7H5Br2FO/c8-3-5-6(9)1-4(11)2-7(5)10/h1-2,11H,3H2. The minimum atomic E-state index is -0.409. The van der Waals surface area contributed by atoms with E-state index in [1.54, 1.807) is 0 Å². The van der Waals surface area contributed by atoms with E-state index in [-0.39, 0.29) is 5.75 Å². The van der Waals surface area contributed by atoms with Gasteiger partial charge in [-0.05, 0) is 6.07 Å². The Morgan fingerprint density at radius 2 is 2.09 bits per heavy atom. The highest BCUT2D eigenvalue weighted by molar-refractivity contribution is 9.10. The Morgan fingerprint density at radius 3 is 2.55 bits per heavy atom. The highest BCUT2D eigenvalue weighted by atomic mass is 79.9. The average molecular weight is 284 g/mol. The molecule has 0 saturated heterocycles. The van der Waals surface area contributed by atoms with E-state index in [9.17, 15) is 4.39 Å². The lowest BCUT2D eigenvalue weighted by molar-refractivity contribution is 0.467. The van der Waals surface area contributed by atoms with Gasteiger partial charge in [0.15, 0.2) is 0 Å². The molecular formula is C7H5Br2FO. The molecule has 1 aromatic carbocycles. The van der Waals surface area contributed by atoms with Crippen molar-refractivity contribution in [3.63, 3.8) is 0 Å². The van der Waals surface area contributed by atoms with Crippen LogP contribution in [0.15, 0.2) is 16.6 Å². The van der Waals surface area contributed by atoms with Gasteiger partial charge in [0.1, 0.15) is 11.6 Å². The molecule has 0 aromatic heterocycles. The molecule has 0 amide bonds. The quantitative estimate of drug-likeness (QED) is 0.785. The number of halogens is 3. The molecule has 1 rings (SSSR count). The van der Waals surface area contributed by atoms with Crippen LogP contribution in [0.1, 0.15) is 5.56 Å². The summed E-state index contributed by atoms with van der Waals surface area (Å²) < 4.78 is 13.5. The van der Waals surface area contributed by atoms with Crippen molar-refractivity contribution in [2.24, 2.45) is 0 Å². The number of aromatic hydroxyl groups is 1. The fraction of sp³-hybridized carbons (Fsp3) is 0.143. The molecule has 0 aliphatic carbocycles. The van der Waals surface area contributed by atoms with E-state index in [4.69, 9.17) is 5.11 Å². The SMILES string of the molecule is Oc1cc(F)c(CBr)c(Br)c1. The van der Waals surface area contributed by atoms with Crippen LogP contribution >= 0.6 is 31.9 Å². The van der Waals surface area contributed by atoms with Crippen LogP contribution in [0.3, 0.4) is 0 Å². The van der Waals surface area contributed by atoms with Gasteiger partial charge in [-0.1, -0.05) is 31.9 Å². The van der Waals surface area contributed by atoms with Crippen molar-refractivity contribution in [1.82, 2.24) is 0 Å². The van der Waals surface area contributed by atoms with Gasteiger partial charge in [-0.15, -0.1) is 0 Å². The Kier molecular flexibility index (Phi) is 2.90. The van der Waals surface area contributed by atoms with Crippen molar-refractivity contribution in [1.29, 1.82) is 0 Å². The van der Waals surface area contributed by atoms with Crippen molar-refractivity contribution in [2.75, 3.05) is 0 Å². The smallest absolute Gasteiger partial charge is 0.132 e. The number of phenolic OH excluding ortho intramolecular Hbond substituents is 1. The summed E-state index contributed by atoms with van der Waals surface area (Å²) in [5, 5.41) is 9.36. The maximum atomic E-state index is 12.9. The molecular weight excluding hydrogens is 279 g/mol. The molecule has 11 heavy (non-hydrogen) atoms. The van der Waals surface area contributed by atoms with Crippen molar-refractivity contribution < 1.29 is 9.50 Å². The summed E-state index contributed by atoms with van der Waals surface area (Å²) in [6, 6.07) is 2.54. The van der Waals surface area contributed by atoms with E-state index in [1.807, 2.05) is 0 Å². The molecule has 0 atom stereocenters. The third kappa shape index (κ3) is 1.93. The first kappa shape index (κ1) is 9.00. The summed E-state index contributed by atoms with van der Waals surface area (Å²) in [5.41, 5.74) is 0.516. The number of hydrogen-bond donors (Lipinski definition) is 1. The van der Waals surface area contributed by atoms with Gasteiger partial charge in [-0.2, -0.15) is 0 Å². The maximum Gasteiger partial charge on any atom is 0.132 e. The topological polar surface area (TPSA) is 20.2 Å². The molecule has 0 bridgehead atoms. The van der Waals surface area contributed by atoms with Crippen LogP contribution in [-0.2, 0) is 5.33 Å². The monoisotopic (exact) mass is 282 g/mol. The molecule has 0 radical (unpaired) electrons. The highest BCUT2D eigenvalue weighted by Crippen LogP contribution is 2.26. The molecule has 4 heteroatoms. The lowest BCUT2D eigenvalue weighted by Crippen LogP contribution is -1.86. The van der Waals surface area contributed by atoms with Gasteiger partial charge in [-0.25, -0.2) is 4.39 Å². The minimum Gasteiger partial charge on any atom is -0.508 e.